The van der Waals surface area contributed by atoms with Crippen molar-refractivity contribution < 1.29 is 0 Å². The summed E-state index contributed by atoms with van der Waals surface area (Å²) in [6, 6.07) is 11.4. The highest BCUT2D eigenvalue weighted by Gasteiger charge is 2.05. The minimum Gasteiger partial charge on any atom is -0.228 e. The summed E-state index contributed by atoms with van der Waals surface area (Å²) in [5.41, 5.74) is 2.22. The van der Waals surface area contributed by atoms with Crippen LogP contribution in [0.4, 0.5) is 0 Å². The summed E-state index contributed by atoms with van der Waals surface area (Å²) < 4.78 is 0. The Morgan fingerprint density at radius 2 is 2.11 bits per heavy atom. The lowest BCUT2D eigenvalue weighted by molar-refractivity contribution is 0.919. The fraction of sp³-hybridized carbons (Fsp3) is 0.154. The van der Waals surface area contributed by atoms with E-state index >= 15 is 0 Å². The van der Waals surface area contributed by atoms with Crippen molar-refractivity contribution in [2.45, 2.75) is 17.8 Å². The van der Waals surface area contributed by atoms with Crippen LogP contribution < -0.4 is 0 Å². The Labute approximate surface area is 115 Å². The van der Waals surface area contributed by atoms with Gasteiger partial charge in [-0.2, -0.15) is 5.26 Å². The maximum absolute atomic E-state index is 8.85. The average Bonchev–Trinajstić information content (AvgIpc) is 2.37. The number of hydrogen-bond acceptors (Lipinski definition) is 4. The van der Waals surface area contributed by atoms with E-state index in [1.54, 1.807) is 6.07 Å². The van der Waals surface area contributed by atoms with Gasteiger partial charge >= 0.3 is 0 Å². The summed E-state index contributed by atoms with van der Waals surface area (Å²) in [6.45, 7) is 1.85. The van der Waals surface area contributed by atoms with E-state index in [-0.39, 0.29) is 0 Å². The predicted molar refractivity (Wildman–Crippen MR) is 72.5 cm³/mol. The summed E-state index contributed by atoms with van der Waals surface area (Å²) in [6.07, 6.45) is 0. The molecular weight excluding hydrogens is 266 g/mol. The molecule has 1 aromatic heterocycles. The van der Waals surface area contributed by atoms with Crippen LogP contribution in [0.25, 0.3) is 0 Å². The minimum absolute atomic E-state index is 0.393. The molecule has 0 atom stereocenters. The van der Waals surface area contributed by atoms with E-state index in [9.17, 15) is 0 Å². The van der Waals surface area contributed by atoms with Crippen molar-refractivity contribution in [3.05, 3.63) is 52.3 Å². The number of benzene rings is 1. The van der Waals surface area contributed by atoms with Crippen LogP contribution in [0.15, 0.2) is 35.5 Å². The lowest BCUT2D eigenvalue weighted by Crippen LogP contribution is -1.94. The molecular formula is C13H10ClN3S. The van der Waals surface area contributed by atoms with E-state index in [2.05, 4.69) is 9.97 Å². The molecule has 0 aliphatic rings. The molecule has 1 aromatic carbocycles. The average molecular weight is 276 g/mol. The summed E-state index contributed by atoms with van der Waals surface area (Å²) in [5.74, 6) is 0.688. The number of rotatable bonds is 3. The molecule has 3 nitrogen and oxygen atoms in total. The topological polar surface area (TPSA) is 49.6 Å². The quantitative estimate of drug-likeness (QED) is 0.634. The summed E-state index contributed by atoms with van der Waals surface area (Å²) >= 11 is 7.55. The lowest BCUT2D eigenvalue weighted by atomic mass is 10.2. The van der Waals surface area contributed by atoms with E-state index in [0.717, 1.165) is 16.3 Å². The van der Waals surface area contributed by atoms with Gasteiger partial charge in [0.1, 0.15) is 11.8 Å². The van der Waals surface area contributed by atoms with Crippen molar-refractivity contribution in [2.24, 2.45) is 0 Å². The molecule has 0 spiro atoms. The Bertz CT molecular complexity index is 607. The third-order valence-corrected chi connectivity index (χ3v) is 3.53. The number of aromatic nitrogens is 2. The Balaban J connectivity index is 2.14. The standard InChI is InChI=1S/C13H10ClN3S/c1-9-6-11(7-15)17-13(16-9)18-8-10-4-2-3-5-12(10)14/h2-6H,8H2,1H3. The predicted octanol–water partition coefficient (Wildman–Crippen LogP) is 3.60. The fourth-order valence-electron chi connectivity index (χ4n) is 1.42. The maximum atomic E-state index is 8.85. The van der Waals surface area contributed by atoms with Crippen molar-refractivity contribution in [1.82, 2.24) is 9.97 Å². The molecule has 0 unspecified atom stereocenters. The van der Waals surface area contributed by atoms with Gasteiger partial charge in [-0.15, -0.1) is 0 Å². The summed E-state index contributed by atoms with van der Waals surface area (Å²) in [4.78, 5) is 8.43. The summed E-state index contributed by atoms with van der Waals surface area (Å²) in [7, 11) is 0. The van der Waals surface area contributed by atoms with Crippen molar-refractivity contribution >= 4 is 23.4 Å². The maximum Gasteiger partial charge on any atom is 0.189 e. The van der Waals surface area contributed by atoms with Gasteiger partial charge in [0.05, 0.1) is 0 Å². The van der Waals surface area contributed by atoms with Crippen LogP contribution >= 0.6 is 23.4 Å². The molecule has 0 aliphatic carbocycles. The van der Waals surface area contributed by atoms with E-state index in [4.69, 9.17) is 16.9 Å². The second kappa shape index (κ2) is 5.85. The molecule has 0 amide bonds. The van der Waals surface area contributed by atoms with Gasteiger partial charge in [-0.25, -0.2) is 9.97 Å². The first-order valence-electron chi connectivity index (χ1n) is 5.31. The van der Waals surface area contributed by atoms with Gasteiger partial charge < -0.3 is 0 Å². The molecule has 0 radical (unpaired) electrons. The molecule has 18 heavy (non-hydrogen) atoms. The molecule has 0 bridgehead atoms. The molecule has 5 heteroatoms. The molecule has 2 rings (SSSR count). The lowest BCUT2D eigenvalue weighted by Gasteiger charge is -2.04. The molecule has 0 saturated carbocycles. The van der Waals surface area contributed by atoms with Crippen LogP contribution in [0.2, 0.25) is 5.02 Å². The van der Waals surface area contributed by atoms with Crippen LogP contribution in [-0.4, -0.2) is 9.97 Å². The van der Waals surface area contributed by atoms with Gasteiger partial charge in [-0.1, -0.05) is 41.6 Å². The van der Waals surface area contributed by atoms with E-state index in [0.29, 0.717) is 16.6 Å². The SMILES string of the molecule is Cc1cc(C#N)nc(SCc2ccccc2Cl)n1. The number of nitriles is 1. The molecule has 2 aromatic rings. The van der Waals surface area contributed by atoms with Gasteiger partial charge in [0.15, 0.2) is 5.16 Å². The number of thioether (sulfide) groups is 1. The highest BCUT2D eigenvalue weighted by atomic mass is 35.5. The normalized spacial score (nSPS) is 10.1. The first-order valence-corrected chi connectivity index (χ1v) is 6.67. The fourth-order valence-corrected chi connectivity index (χ4v) is 2.61. The van der Waals surface area contributed by atoms with Gasteiger partial charge in [-0.3, -0.25) is 0 Å². The monoisotopic (exact) mass is 275 g/mol. The minimum atomic E-state index is 0.393. The first kappa shape index (κ1) is 12.9. The van der Waals surface area contributed by atoms with E-state index in [1.165, 1.54) is 11.8 Å². The highest BCUT2D eigenvalue weighted by Crippen LogP contribution is 2.24. The third-order valence-electron chi connectivity index (χ3n) is 2.26. The van der Waals surface area contributed by atoms with Crippen LogP contribution in [0.1, 0.15) is 17.0 Å². The number of aryl methyl sites for hydroxylation is 1. The molecule has 0 N–H and O–H groups in total. The zero-order valence-electron chi connectivity index (χ0n) is 9.72. The smallest absolute Gasteiger partial charge is 0.189 e. The Morgan fingerprint density at radius 3 is 2.83 bits per heavy atom. The second-order valence-corrected chi connectivity index (χ2v) is 5.02. The van der Waals surface area contributed by atoms with Crippen molar-refractivity contribution in [3.8, 4) is 6.07 Å². The zero-order valence-corrected chi connectivity index (χ0v) is 11.3. The number of hydrogen-bond donors (Lipinski definition) is 0. The largest absolute Gasteiger partial charge is 0.228 e. The van der Waals surface area contributed by atoms with Crippen molar-refractivity contribution in [2.75, 3.05) is 0 Å². The molecule has 1 heterocycles. The third kappa shape index (κ3) is 3.22. The summed E-state index contributed by atoms with van der Waals surface area (Å²) in [5, 5.41) is 10.2. The molecule has 0 saturated heterocycles. The number of nitrogens with zero attached hydrogens (tertiary/aromatic N) is 3. The Kier molecular flexibility index (Phi) is 4.19. The molecule has 0 aliphatic heterocycles. The van der Waals surface area contributed by atoms with Crippen molar-refractivity contribution in [1.29, 1.82) is 5.26 Å². The van der Waals surface area contributed by atoms with Gasteiger partial charge in [-0.05, 0) is 24.6 Å². The Hall–Kier alpha value is -1.57. The number of halogens is 1. The Morgan fingerprint density at radius 1 is 1.33 bits per heavy atom. The second-order valence-electron chi connectivity index (χ2n) is 3.67. The highest BCUT2D eigenvalue weighted by molar-refractivity contribution is 7.98. The molecule has 0 fully saturated rings. The van der Waals surface area contributed by atoms with Crippen LogP contribution in [-0.2, 0) is 5.75 Å². The first-order chi connectivity index (χ1) is 8.69. The van der Waals surface area contributed by atoms with Crippen molar-refractivity contribution in [3.63, 3.8) is 0 Å². The van der Waals surface area contributed by atoms with E-state index in [1.807, 2.05) is 37.3 Å². The van der Waals surface area contributed by atoms with Crippen LogP contribution in [0.5, 0.6) is 0 Å². The van der Waals surface area contributed by atoms with Gasteiger partial charge in [0.2, 0.25) is 0 Å². The van der Waals surface area contributed by atoms with Gasteiger partial charge in [0.25, 0.3) is 0 Å². The van der Waals surface area contributed by atoms with Crippen LogP contribution in [0, 0.1) is 18.3 Å². The van der Waals surface area contributed by atoms with E-state index < -0.39 is 0 Å². The molecule has 90 valence electrons. The van der Waals surface area contributed by atoms with Gasteiger partial charge in [0, 0.05) is 16.5 Å². The van der Waals surface area contributed by atoms with Crippen LogP contribution in [0.3, 0.4) is 0 Å². The zero-order chi connectivity index (χ0) is 13.0.